The third-order valence-electron chi connectivity index (χ3n) is 4.68. The summed E-state index contributed by atoms with van der Waals surface area (Å²) in [7, 11) is 0. The van der Waals surface area contributed by atoms with Crippen LogP contribution in [0.4, 0.5) is 0 Å². The monoisotopic (exact) mass is 360 g/mol. The molecule has 0 bridgehead atoms. The van der Waals surface area contributed by atoms with Crippen LogP contribution in [0, 0.1) is 5.92 Å². The Balaban J connectivity index is 1.85. The molecule has 2 fully saturated rings. The molecule has 0 aromatic heterocycles. The summed E-state index contributed by atoms with van der Waals surface area (Å²) >= 11 is 18.3. The molecule has 3 nitrogen and oxygen atoms in total. The van der Waals surface area contributed by atoms with Crippen LogP contribution in [-0.4, -0.2) is 36.5 Å². The number of nitrogens with zero attached hydrogens (tertiary/aromatic N) is 1. The Hall–Kier alpha value is -0.480. The molecule has 1 N–H and O–H groups in total. The van der Waals surface area contributed by atoms with E-state index in [-0.39, 0.29) is 22.0 Å². The molecule has 120 valence electrons. The van der Waals surface area contributed by atoms with Crippen molar-refractivity contribution < 1.29 is 4.79 Å². The summed E-state index contributed by atoms with van der Waals surface area (Å²) in [5.74, 6) is 0.579. The number of carbonyl (C=O) groups is 1. The smallest absolute Gasteiger partial charge is 0.255 e. The number of hydrogen-bond donors (Lipinski definition) is 1. The predicted octanol–water partition coefficient (Wildman–Crippen LogP) is 4.25. The first kappa shape index (κ1) is 16.4. The van der Waals surface area contributed by atoms with Crippen molar-refractivity contribution in [3.05, 3.63) is 32.8 Å². The minimum atomic E-state index is -0.0378. The van der Waals surface area contributed by atoms with Crippen LogP contribution < -0.4 is 5.32 Å². The normalized spacial score (nSPS) is 21.7. The van der Waals surface area contributed by atoms with Crippen LogP contribution in [0.15, 0.2) is 12.1 Å². The van der Waals surface area contributed by atoms with Crippen molar-refractivity contribution in [1.29, 1.82) is 0 Å². The van der Waals surface area contributed by atoms with Crippen molar-refractivity contribution in [2.24, 2.45) is 5.92 Å². The average molecular weight is 362 g/mol. The summed E-state index contributed by atoms with van der Waals surface area (Å²) in [6.07, 6.45) is 4.67. The Kier molecular flexibility index (Phi) is 5.18. The molecule has 1 heterocycles. The third-order valence-corrected chi connectivity index (χ3v) is 5.97. The van der Waals surface area contributed by atoms with Crippen LogP contribution >= 0.6 is 34.8 Å². The van der Waals surface area contributed by atoms with E-state index in [0.717, 1.165) is 26.1 Å². The number of rotatable bonds is 4. The van der Waals surface area contributed by atoms with Crippen molar-refractivity contribution in [2.45, 2.75) is 31.7 Å². The maximum absolute atomic E-state index is 13.0. The molecule has 22 heavy (non-hydrogen) atoms. The molecule has 1 saturated carbocycles. The fourth-order valence-corrected chi connectivity index (χ4v) is 3.72. The van der Waals surface area contributed by atoms with Gasteiger partial charge in [-0.25, -0.2) is 0 Å². The van der Waals surface area contributed by atoms with Crippen molar-refractivity contribution >= 4 is 40.7 Å². The van der Waals surface area contributed by atoms with Gasteiger partial charge in [-0.15, -0.1) is 0 Å². The molecule has 1 aromatic rings. The number of carbonyl (C=O) groups excluding carboxylic acids is 1. The molecule has 3 rings (SSSR count). The van der Waals surface area contributed by atoms with Crippen molar-refractivity contribution in [3.63, 3.8) is 0 Å². The van der Waals surface area contributed by atoms with Gasteiger partial charge in [0.2, 0.25) is 0 Å². The molecule has 1 aliphatic carbocycles. The quantitative estimate of drug-likeness (QED) is 0.813. The van der Waals surface area contributed by atoms with Crippen LogP contribution in [0.25, 0.3) is 0 Å². The van der Waals surface area contributed by atoms with Gasteiger partial charge < -0.3 is 10.2 Å². The van der Waals surface area contributed by atoms with E-state index in [2.05, 4.69) is 5.32 Å². The fraction of sp³-hybridized carbons (Fsp3) is 0.562. The predicted molar refractivity (Wildman–Crippen MR) is 91.1 cm³/mol. The van der Waals surface area contributed by atoms with E-state index >= 15 is 0 Å². The topological polar surface area (TPSA) is 32.3 Å². The number of nitrogens with one attached hydrogen (secondary N) is 1. The lowest BCUT2D eigenvalue weighted by Crippen LogP contribution is -2.45. The lowest BCUT2D eigenvalue weighted by molar-refractivity contribution is 0.0616. The SMILES string of the molecule is O=C(c1ccc(Cl)c(Cl)c1Cl)N(CC1CCC1)C1CCNC1. The molecule has 6 heteroatoms. The van der Waals surface area contributed by atoms with E-state index in [4.69, 9.17) is 34.8 Å². The molecular formula is C16H19Cl3N2O. The number of amides is 1. The maximum Gasteiger partial charge on any atom is 0.255 e. The van der Waals surface area contributed by atoms with Gasteiger partial charge >= 0.3 is 0 Å². The van der Waals surface area contributed by atoms with Gasteiger partial charge in [0.25, 0.3) is 5.91 Å². The van der Waals surface area contributed by atoms with Gasteiger partial charge in [-0.2, -0.15) is 0 Å². The third kappa shape index (κ3) is 3.23. The standard InChI is InChI=1S/C16H19Cl3N2O/c17-13-5-4-12(14(18)15(13)19)16(22)21(9-10-2-1-3-10)11-6-7-20-8-11/h4-5,10-11,20H,1-3,6-9H2. The lowest BCUT2D eigenvalue weighted by atomic mass is 9.84. The molecule has 1 unspecified atom stereocenters. The molecule has 1 saturated heterocycles. The Bertz CT molecular complexity index is 569. The van der Waals surface area contributed by atoms with E-state index in [1.54, 1.807) is 12.1 Å². The molecule has 0 spiro atoms. The Morgan fingerprint density at radius 2 is 1.95 bits per heavy atom. The Morgan fingerprint density at radius 3 is 2.55 bits per heavy atom. The van der Waals surface area contributed by atoms with Crippen LogP contribution in [0.1, 0.15) is 36.0 Å². The second kappa shape index (κ2) is 6.96. The zero-order valence-electron chi connectivity index (χ0n) is 12.2. The van der Waals surface area contributed by atoms with E-state index < -0.39 is 0 Å². The highest BCUT2D eigenvalue weighted by atomic mass is 35.5. The Morgan fingerprint density at radius 1 is 1.18 bits per heavy atom. The van der Waals surface area contributed by atoms with E-state index in [1.165, 1.54) is 19.3 Å². The van der Waals surface area contributed by atoms with Gasteiger partial charge in [0.05, 0.1) is 20.6 Å². The van der Waals surface area contributed by atoms with Gasteiger partial charge in [-0.1, -0.05) is 41.2 Å². The molecule has 2 aliphatic rings. The molecular weight excluding hydrogens is 343 g/mol. The zero-order chi connectivity index (χ0) is 15.7. The van der Waals surface area contributed by atoms with E-state index in [0.29, 0.717) is 16.5 Å². The minimum Gasteiger partial charge on any atom is -0.334 e. The van der Waals surface area contributed by atoms with Gasteiger partial charge in [0.15, 0.2) is 0 Å². The second-order valence-corrected chi connectivity index (χ2v) is 7.29. The van der Waals surface area contributed by atoms with E-state index in [1.807, 2.05) is 4.90 Å². The summed E-state index contributed by atoms with van der Waals surface area (Å²) in [6, 6.07) is 3.55. The highest BCUT2D eigenvalue weighted by Gasteiger charge is 2.32. The van der Waals surface area contributed by atoms with E-state index in [9.17, 15) is 4.79 Å². The minimum absolute atomic E-state index is 0.0378. The molecule has 1 aromatic carbocycles. The molecule has 1 amide bonds. The van der Waals surface area contributed by atoms with Gasteiger partial charge in [-0.05, 0) is 43.9 Å². The second-order valence-electron chi connectivity index (χ2n) is 6.12. The van der Waals surface area contributed by atoms with Crippen molar-refractivity contribution in [1.82, 2.24) is 10.2 Å². The zero-order valence-corrected chi connectivity index (χ0v) is 14.5. The molecule has 1 atom stereocenters. The lowest BCUT2D eigenvalue weighted by Gasteiger charge is -2.36. The number of benzene rings is 1. The van der Waals surface area contributed by atoms with Crippen molar-refractivity contribution in [3.8, 4) is 0 Å². The highest BCUT2D eigenvalue weighted by molar-refractivity contribution is 6.49. The first-order chi connectivity index (χ1) is 10.6. The van der Waals surface area contributed by atoms with Crippen LogP contribution in [0.3, 0.4) is 0 Å². The maximum atomic E-state index is 13.0. The van der Waals surface area contributed by atoms with Crippen molar-refractivity contribution in [2.75, 3.05) is 19.6 Å². The first-order valence-electron chi connectivity index (χ1n) is 7.73. The van der Waals surface area contributed by atoms with Gasteiger partial charge in [0.1, 0.15) is 0 Å². The van der Waals surface area contributed by atoms with Gasteiger partial charge in [-0.3, -0.25) is 4.79 Å². The molecule has 1 aliphatic heterocycles. The Labute approximate surface area is 145 Å². The van der Waals surface area contributed by atoms with Crippen LogP contribution in [0.5, 0.6) is 0 Å². The summed E-state index contributed by atoms with van der Waals surface area (Å²) in [5, 5.41) is 4.21. The summed E-state index contributed by atoms with van der Waals surface area (Å²) in [4.78, 5) is 15.0. The number of hydrogen-bond acceptors (Lipinski definition) is 2. The largest absolute Gasteiger partial charge is 0.334 e. The molecule has 0 radical (unpaired) electrons. The average Bonchev–Trinajstić information content (AvgIpc) is 2.97. The fourth-order valence-electron chi connectivity index (χ4n) is 3.10. The van der Waals surface area contributed by atoms with Crippen LogP contribution in [-0.2, 0) is 0 Å². The van der Waals surface area contributed by atoms with Crippen LogP contribution in [0.2, 0.25) is 15.1 Å². The summed E-state index contributed by atoms with van der Waals surface area (Å²) in [6.45, 7) is 2.60. The van der Waals surface area contributed by atoms with Gasteiger partial charge in [0, 0.05) is 19.1 Å². The number of halogens is 3. The summed E-state index contributed by atoms with van der Waals surface area (Å²) < 4.78 is 0. The summed E-state index contributed by atoms with van der Waals surface area (Å²) in [5.41, 5.74) is 0.447. The first-order valence-corrected chi connectivity index (χ1v) is 8.86. The highest BCUT2D eigenvalue weighted by Crippen LogP contribution is 2.35.